The molecule has 0 radical (unpaired) electrons. The number of hydrogen-bond acceptors (Lipinski definition) is 12. The summed E-state index contributed by atoms with van der Waals surface area (Å²) in [6.07, 6.45) is 3.27. The lowest BCUT2D eigenvalue weighted by atomic mass is 10.1. The lowest BCUT2D eigenvalue weighted by molar-refractivity contribution is -0.136. The SMILES string of the molecule is CSCC[C@H](NC(=O)[C@@H](N)CCSC)C(=O)N[C@H](C(=O)N[C@@H](C)C(=O)N[C@@H](CCCN=C(N)N)C(=O)NCC(=O)N[C@@H](Cc1ccccc1)C(N)=O)[C@@H](C)O. The van der Waals surface area contributed by atoms with Gasteiger partial charge in [0.25, 0.3) is 0 Å². The number of rotatable bonds is 26. The Morgan fingerprint density at radius 1 is 0.727 bits per heavy atom. The first-order chi connectivity index (χ1) is 26.0. The third-order valence-electron chi connectivity index (χ3n) is 7.99. The van der Waals surface area contributed by atoms with Crippen molar-refractivity contribution in [1.82, 2.24) is 31.9 Å². The summed E-state index contributed by atoms with van der Waals surface area (Å²) in [6.45, 7) is 2.15. The molecule has 0 aliphatic carbocycles. The number of guanidine groups is 1. The van der Waals surface area contributed by atoms with Crippen molar-refractivity contribution in [3.8, 4) is 0 Å². The Hall–Kier alpha value is -4.60. The van der Waals surface area contributed by atoms with Crippen LogP contribution in [0.5, 0.6) is 0 Å². The van der Waals surface area contributed by atoms with Gasteiger partial charge in [-0.1, -0.05) is 30.3 Å². The van der Waals surface area contributed by atoms with E-state index in [1.807, 2.05) is 12.5 Å². The van der Waals surface area contributed by atoms with Crippen molar-refractivity contribution in [3.05, 3.63) is 35.9 Å². The zero-order valence-electron chi connectivity index (χ0n) is 31.7. The number of carbonyl (C=O) groups is 7. The van der Waals surface area contributed by atoms with Gasteiger partial charge in [-0.05, 0) is 69.1 Å². The van der Waals surface area contributed by atoms with Crippen LogP contribution in [-0.4, -0.2) is 132 Å². The maximum absolute atomic E-state index is 13.3. The molecule has 7 atom stereocenters. The van der Waals surface area contributed by atoms with E-state index in [0.29, 0.717) is 17.9 Å². The number of nitrogens with one attached hydrogen (secondary N) is 6. The molecule has 0 bridgehead atoms. The Kier molecular flexibility index (Phi) is 23.1. The van der Waals surface area contributed by atoms with Crippen molar-refractivity contribution in [2.24, 2.45) is 27.9 Å². The summed E-state index contributed by atoms with van der Waals surface area (Å²) in [5, 5.41) is 25.4. The van der Waals surface area contributed by atoms with Crippen molar-refractivity contribution in [2.45, 2.75) is 88.3 Å². The molecule has 0 spiro atoms. The van der Waals surface area contributed by atoms with Crippen LogP contribution in [-0.2, 0) is 40.0 Å². The van der Waals surface area contributed by atoms with Crippen molar-refractivity contribution < 1.29 is 38.7 Å². The van der Waals surface area contributed by atoms with Crippen molar-refractivity contribution >= 4 is 70.8 Å². The van der Waals surface area contributed by atoms with Crippen LogP contribution in [0, 0.1) is 0 Å². The smallest absolute Gasteiger partial charge is 0.245 e. The monoisotopic (exact) mass is 811 g/mol. The molecule has 0 saturated heterocycles. The number of carbonyl (C=O) groups excluding carboxylic acids is 7. The van der Waals surface area contributed by atoms with Crippen LogP contribution in [0.2, 0.25) is 0 Å². The van der Waals surface area contributed by atoms with Gasteiger partial charge in [0.2, 0.25) is 41.4 Å². The average Bonchev–Trinajstić information content (AvgIpc) is 3.13. The molecule has 55 heavy (non-hydrogen) atoms. The molecule has 0 fully saturated rings. The normalized spacial score (nSPS) is 14.7. The third kappa shape index (κ3) is 19.5. The van der Waals surface area contributed by atoms with E-state index in [1.165, 1.54) is 37.4 Å². The lowest BCUT2D eigenvalue weighted by Gasteiger charge is -2.27. The van der Waals surface area contributed by atoms with E-state index in [1.54, 1.807) is 30.3 Å². The topological polar surface area (TPSA) is 328 Å². The van der Waals surface area contributed by atoms with Crippen molar-refractivity contribution in [2.75, 3.05) is 37.1 Å². The summed E-state index contributed by atoms with van der Waals surface area (Å²) in [6, 6.07) is 1.89. The number of benzene rings is 1. The molecule has 0 aliphatic rings. The first-order valence-corrected chi connectivity index (χ1v) is 20.4. The molecule has 0 heterocycles. The second-order valence-corrected chi connectivity index (χ2v) is 14.6. The molecular weight excluding hydrogens is 755 g/mol. The molecule has 0 unspecified atom stereocenters. The van der Waals surface area contributed by atoms with E-state index in [2.05, 4.69) is 36.9 Å². The number of nitrogens with zero attached hydrogens (tertiary/aromatic N) is 1. The fraction of sp³-hybridized carbons (Fsp3) is 0.588. The molecule has 19 nitrogen and oxygen atoms in total. The molecular formula is C34H57N11O8S2. The van der Waals surface area contributed by atoms with Gasteiger partial charge in [-0.3, -0.25) is 38.6 Å². The standard InChI is InChI=1S/C34H57N11O8S2/c1-19(41-33(53)27(20(2)46)45-32(52)24(13-16-55-4)44-30(50)22(35)12-15-54-3)29(49)43-23(11-8-14-39-34(37)38)31(51)40-18-26(47)42-25(28(36)48)17-21-9-6-5-7-10-21/h5-7,9-10,19-20,22-25,27,46H,8,11-18,35H2,1-4H3,(H2,36,48)(H,40,51)(H,41,53)(H,42,47)(H,43,49)(H,44,50)(H,45,52)(H4,37,38,39)/t19-,20+,22-,23-,24-,25-,27-/m0/s1. The number of aliphatic hydroxyl groups excluding tert-OH is 1. The van der Waals surface area contributed by atoms with E-state index >= 15 is 0 Å². The molecule has 0 aromatic heterocycles. The van der Waals surface area contributed by atoms with Crippen LogP contribution in [0.3, 0.4) is 0 Å². The highest BCUT2D eigenvalue weighted by atomic mass is 32.2. The molecule has 1 rings (SSSR count). The number of amides is 7. The van der Waals surface area contributed by atoms with E-state index in [-0.39, 0.29) is 38.2 Å². The maximum atomic E-state index is 13.3. The number of thioether (sulfide) groups is 2. The number of aliphatic imine (C=N–C) groups is 1. The van der Waals surface area contributed by atoms with E-state index in [4.69, 9.17) is 22.9 Å². The van der Waals surface area contributed by atoms with Gasteiger partial charge in [0.05, 0.1) is 18.7 Å². The van der Waals surface area contributed by atoms with Crippen LogP contribution in [0.25, 0.3) is 0 Å². The summed E-state index contributed by atoms with van der Waals surface area (Å²) in [5.41, 5.74) is 23.0. The minimum absolute atomic E-state index is 0.0189. The average molecular weight is 812 g/mol. The number of aliphatic hydroxyl groups is 1. The highest BCUT2D eigenvalue weighted by molar-refractivity contribution is 7.98. The van der Waals surface area contributed by atoms with Gasteiger partial charge in [-0.2, -0.15) is 23.5 Å². The quantitative estimate of drug-likeness (QED) is 0.0247. The van der Waals surface area contributed by atoms with Crippen molar-refractivity contribution in [1.29, 1.82) is 0 Å². The van der Waals surface area contributed by atoms with Crippen LogP contribution in [0.15, 0.2) is 35.3 Å². The predicted octanol–water partition coefficient (Wildman–Crippen LogP) is -3.46. The van der Waals surface area contributed by atoms with Gasteiger partial charge in [-0.15, -0.1) is 0 Å². The van der Waals surface area contributed by atoms with Crippen LogP contribution in [0.4, 0.5) is 0 Å². The lowest BCUT2D eigenvalue weighted by Crippen LogP contribution is -2.60. The summed E-state index contributed by atoms with van der Waals surface area (Å²) < 4.78 is 0. The molecule has 0 aliphatic heterocycles. The van der Waals surface area contributed by atoms with Gasteiger partial charge in [-0.25, -0.2) is 0 Å². The highest BCUT2D eigenvalue weighted by Gasteiger charge is 2.33. The molecule has 15 N–H and O–H groups in total. The number of primary amides is 1. The Labute approximate surface area is 329 Å². The van der Waals surface area contributed by atoms with Crippen molar-refractivity contribution in [3.63, 3.8) is 0 Å². The predicted molar refractivity (Wildman–Crippen MR) is 213 cm³/mol. The van der Waals surface area contributed by atoms with Gasteiger partial charge in [0.15, 0.2) is 5.96 Å². The third-order valence-corrected chi connectivity index (χ3v) is 9.28. The minimum atomic E-state index is -1.52. The highest BCUT2D eigenvalue weighted by Crippen LogP contribution is 2.07. The Balaban J connectivity index is 2.97. The second kappa shape index (κ2) is 26.2. The minimum Gasteiger partial charge on any atom is -0.391 e. The molecule has 21 heteroatoms. The zero-order chi connectivity index (χ0) is 41.5. The van der Waals surface area contributed by atoms with Crippen LogP contribution < -0.4 is 54.8 Å². The number of hydrogen-bond donors (Lipinski definition) is 11. The molecule has 308 valence electrons. The van der Waals surface area contributed by atoms with Gasteiger partial charge in [0, 0.05) is 13.0 Å². The summed E-state index contributed by atoms with van der Waals surface area (Å²) >= 11 is 2.96. The molecule has 1 aromatic carbocycles. The van der Waals surface area contributed by atoms with E-state index in [0.717, 1.165) is 5.56 Å². The van der Waals surface area contributed by atoms with Gasteiger partial charge in [0.1, 0.15) is 30.2 Å². The summed E-state index contributed by atoms with van der Waals surface area (Å²) in [7, 11) is 0. The largest absolute Gasteiger partial charge is 0.391 e. The Morgan fingerprint density at radius 3 is 1.91 bits per heavy atom. The summed E-state index contributed by atoms with van der Waals surface area (Å²) in [4.78, 5) is 94.2. The van der Waals surface area contributed by atoms with E-state index < -0.39 is 90.3 Å². The summed E-state index contributed by atoms with van der Waals surface area (Å²) in [5.74, 6) is -4.27. The van der Waals surface area contributed by atoms with E-state index in [9.17, 15) is 38.7 Å². The van der Waals surface area contributed by atoms with Crippen LogP contribution >= 0.6 is 23.5 Å². The first-order valence-electron chi connectivity index (χ1n) is 17.6. The first kappa shape index (κ1) is 48.4. The molecule has 7 amide bonds. The van der Waals surface area contributed by atoms with Gasteiger partial charge < -0.3 is 59.9 Å². The fourth-order valence-electron chi connectivity index (χ4n) is 4.86. The fourth-order valence-corrected chi connectivity index (χ4v) is 5.83. The Morgan fingerprint density at radius 2 is 1.33 bits per heavy atom. The number of nitrogens with two attached hydrogens (primary N) is 4. The van der Waals surface area contributed by atoms with Gasteiger partial charge >= 0.3 is 0 Å². The molecule has 1 aromatic rings. The zero-order valence-corrected chi connectivity index (χ0v) is 33.3. The molecule has 0 saturated carbocycles. The maximum Gasteiger partial charge on any atom is 0.245 e. The second-order valence-electron chi connectivity index (χ2n) is 12.6. The Bertz CT molecular complexity index is 1450. The van der Waals surface area contributed by atoms with Crippen LogP contribution in [0.1, 0.15) is 45.1 Å².